The van der Waals surface area contributed by atoms with Gasteiger partial charge in [0, 0.05) is 32.4 Å². The zero-order valence-electron chi connectivity index (χ0n) is 11.1. The smallest absolute Gasteiger partial charge is 0.225 e. The Kier molecular flexibility index (Phi) is 5.16. The molecule has 0 spiro atoms. The molecule has 2 rings (SSSR count). The van der Waals surface area contributed by atoms with Crippen molar-refractivity contribution in [1.82, 2.24) is 20.4 Å². The van der Waals surface area contributed by atoms with Crippen LogP contribution in [0.4, 0.5) is 0 Å². The minimum Gasteiger partial charge on any atom is -0.355 e. The topological polar surface area (TPSA) is 59.0 Å². The molecule has 1 fully saturated rings. The van der Waals surface area contributed by atoms with Gasteiger partial charge in [0.1, 0.15) is 0 Å². The molecule has 1 aromatic heterocycles. The van der Waals surface area contributed by atoms with Gasteiger partial charge in [-0.15, -0.1) is 12.4 Å². The van der Waals surface area contributed by atoms with Gasteiger partial charge in [-0.2, -0.15) is 5.10 Å². The average Bonchev–Trinajstić information content (AvgIpc) is 2.42. The molecule has 102 valence electrons. The summed E-state index contributed by atoms with van der Waals surface area (Å²) in [6.07, 6.45) is 0.859. The summed E-state index contributed by atoms with van der Waals surface area (Å²) < 4.78 is 1.89. The second-order valence-electron chi connectivity index (χ2n) is 4.67. The molecule has 18 heavy (non-hydrogen) atoms. The first-order valence-corrected chi connectivity index (χ1v) is 6.07. The van der Waals surface area contributed by atoms with Crippen LogP contribution in [0.3, 0.4) is 0 Å². The third-order valence-corrected chi connectivity index (χ3v) is 3.49. The lowest BCUT2D eigenvalue weighted by molar-refractivity contribution is -0.126. The Hall–Kier alpha value is -1.07. The third kappa shape index (κ3) is 3.03. The van der Waals surface area contributed by atoms with Crippen LogP contribution in [0, 0.1) is 19.8 Å². The van der Waals surface area contributed by atoms with Crippen molar-refractivity contribution in [2.75, 3.05) is 19.6 Å². The van der Waals surface area contributed by atoms with E-state index in [0.29, 0.717) is 6.54 Å². The van der Waals surface area contributed by atoms with E-state index in [1.54, 1.807) is 0 Å². The van der Waals surface area contributed by atoms with Gasteiger partial charge in [-0.05, 0) is 25.8 Å². The second-order valence-corrected chi connectivity index (χ2v) is 4.67. The van der Waals surface area contributed by atoms with Gasteiger partial charge >= 0.3 is 0 Å². The van der Waals surface area contributed by atoms with E-state index in [1.165, 1.54) is 11.3 Å². The Morgan fingerprint density at radius 3 is 2.61 bits per heavy atom. The summed E-state index contributed by atoms with van der Waals surface area (Å²) in [5.41, 5.74) is 3.49. The van der Waals surface area contributed by atoms with Crippen molar-refractivity contribution in [2.45, 2.75) is 20.3 Å². The number of hydrogen-bond donors (Lipinski definition) is 2. The summed E-state index contributed by atoms with van der Waals surface area (Å²) in [6, 6.07) is 0. The molecule has 0 radical (unpaired) electrons. The van der Waals surface area contributed by atoms with Crippen LogP contribution in [0.2, 0.25) is 0 Å². The Balaban J connectivity index is 0.00000162. The van der Waals surface area contributed by atoms with E-state index in [1.807, 2.05) is 18.7 Å². The second kappa shape index (κ2) is 6.20. The maximum absolute atomic E-state index is 11.6. The number of carbonyl (C=O) groups excluding carboxylic acids is 1. The van der Waals surface area contributed by atoms with Crippen molar-refractivity contribution in [2.24, 2.45) is 13.0 Å². The number of aryl methyl sites for hydroxylation is 2. The van der Waals surface area contributed by atoms with Crippen LogP contribution >= 0.6 is 12.4 Å². The predicted octanol–water partition coefficient (Wildman–Crippen LogP) is 0.337. The van der Waals surface area contributed by atoms with Crippen molar-refractivity contribution in [3.63, 3.8) is 0 Å². The summed E-state index contributed by atoms with van der Waals surface area (Å²) in [5.74, 6) is 0.342. The molecular formula is C12H21ClN4O. The number of rotatable bonds is 4. The minimum absolute atomic E-state index is 0. The zero-order chi connectivity index (χ0) is 12.4. The molecule has 0 atom stereocenters. The number of amides is 1. The number of aromatic nitrogens is 2. The largest absolute Gasteiger partial charge is 0.355 e. The van der Waals surface area contributed by atoms with E-state index in [0.717, 1.165) is 25.2 Å². The first-order chi connectivity index (χ1) is 8.09. The van der Waals surface area contributed by atoms with Gasteiger partial charge in [-0.1, -0.05) is 0 Å². The van der Waals surface area contributed by atoms with Crippen molar-refractivity contribution in [3.05, 3.63) is 17.0 Å². The number of halogens is 1. The highest BCUT2D eigenvalue weighted by molar-refractivity contribution is 5.85. The van der Waals surface area contributed by atoms with Crippen LogP contribution in [-0.2, 0) is 18.3 Å². The summed E-state index contributed by atoms with van der Waals surface area (Å²) in [4.78, 5) is 11.6. The SMILES string of the molecule is Cc1nn(C)c(C)c1CCNC(=O)C1CNC1.Cl. The summed E-state index contributed by atoms with van der Waals surface area (Å²) in [6.45, 7) is 6.41. The van der Waals surface area contributed by atoms with Gasteiger partial charge in [0.2, 0.25) is 5.91 Å². The van der Waals surface area contributed by atoms with Crippen molar-refractivity contribution < 1.29 is 4.79 Å². The van der Waals surface area contributed by atoms with Crippen LogP contribution in [0.15, 0.2) is 0 Å². The maximum atomic E-state index is 11.6. The Morgan fingerprint density at radius 2 is 2.17 bits per heavy atom. The first-order valence-electron chi connectivity index (χ1n) is 6.07. The highest BCUT2D eigenvalue weighted by Crippen LogP contribution is 2.12. The average molecular weight is 273 g/mol. The molecule has 1 saturated heterocycles. The molecule has 5 nitrogen and oxygen atoms in total. The monoisotopic (exact) mass is 272 g/mol. The molecule has 0 saturated carbocycles. The van der Waals surface area contributed by atoms with Crippen LogP contribution in [-0.4, -0.2) is 35.3 Å². The zero-order valence-corrected chi connectivity index (χ0v) is 11.9. The quantitative estimate of drug-likeness (QED) is 0.831. The Labute approximate surface area is 114 Å². The van der Waals surface area contributed by atoms with E-state index in [2.05, 4.69) is 22.7 Å². The van der Waals surface area contributed by atoms with Gasteiger partial charge in [0.05, 0.1) is 11.6 Å². The highest BCUT2D eigenvalue weighted by Gasteiger charge is 2.24. The maximum Gasteiger partial charge on any atom is 0.225 e. The predicted molar refractivity (Wildman–Crippen MR) is 73.0 cm³/mol. The lowest BCUT2D eigenvalue weighted by Crippen LogP contribution is -2.51. The number of carbonyl (C=O) groups is 1. The molecular weight excluding hydrogens is 252 g/mol. The fourth-order valence-electron chi connectivity index (χ4n) is 2.11. The number of nitrogens with one attached hydrogen (secondary N) is 2. The fourth-order valence-corrected chi connectivity index (χ4v) is 2.11. The van der Waals surface area contributed by atoms with E-state index in [4.69, 9.17) is 0 Å². The summed E-state index contributed by atoms with van der Waals surface area (Å²) in [5, 5.41) is 10.4. The summed E-state index contributed by atoms with van der Waals surface area (Å²) >= 11 is 0. The van der Waals surface area contributed by atoms with E-state index >= 15 is 0 Å². The van der Waals surface area contributed by atoms with E-state index < -0.39 is 0 Å². The molecule has 1 aliphatic rings. The fraction of sp³-hybridized carbons (Fsp3) is 0.667. The van der Waals surface area contributed by atoms with Crippen molar-refractivity contribution in [3.8, 4) is 0 Å². The molecule has 1 amide bonds. The molecule has 0 bridgehead atoms. The van der Waals surface area contributed by atoms with E-state index in [9.17, 15) is 4.79 Å². The minimum atomic E-state index is 0. The van der Waals surface area contributed by atoms with Crippen LogP contribution in [0.1, 0.15) is 17.0 Å². The molecule has 2 heterocycles. The standard InChI is InChI=1S/C12H20N4O.ClH/c1-8-11(9(2)16(3)15-8)4-5-14-12(17)10-6-13-7-10;/h10,13H,4-7H2,1-3H3,(H,14,17);1H. The van der Waals surface area contributed by atoms with Gasteiger partial charge in [0.25, 0.3) is 0 Å². The molecule has 6 heteroatoms. The van der Waals surface area contributed by atoms with E-state index in [-0.39, 0.29) is 24.2 Å². The molecule has 0 aromatic carbocycles. The number of hydrogen-bond acceptors (Lipinski definition) is 3. The van der Waals surface area contributed by atoms with Crippen LogP contribution in [0.5, 0.6) is 0 Å². The normalized spacial score (nSPS) is 14.8. The third-order valence-electron chi connectivity index (χ3n) is 3.49. The lowest BCUT2D eigenvalue weighted by atomic mass is 10.0. The van der Waals surface area contributed by atoms with Crippen LogP contribution < -0.4 is 10.6 Å². The Morgan fingerprint density at radius 1 is 1.50 bits per heavy atom. The molecule has 2 N–H and O–H groups in total. The molecule has 0 unspecified atom stereocenters. The van der Waals surface area contributed by atoms with Gasteiger partial charge < -0.3 is 10.6 Å². The molecule has 1 aliphatic heterocycles. The van der Waals surface area contributed by atoms with Gasteiger partial charge in [0.15, 0.2) is 0 Å². The Bertz CT molecular complexity index is 426. The number of nitrogens with zero attached hydrogens (tertiary/aromatic N) is 2. The first kappa shape index (κ1) is 15.0. The van der Waals surface area contributed by atoms with Crippen LogP contribution in [0.25, 0.3) is 0 Å². The van der Waals surface area contributed by atoms with Crippen molar-refractivity contribution >= 4 is 18.3 Å². The van der Waals surface area contributed by atoms with Crippen molar-refractivity contribution in [1.29, 1.82) is 0 Å². The molecule has 0 aliphatic carbocycles. The highest BCUT2D eigenvalue weighted by atomic mass is 35.5. The van der Waals surface area contributed by atoms with Gasteiger partial charge in [-0.3, -0.25) is 9.48 Å². The summed E-state index contributed by atoms with van der Waals surface area (Å²) in [7, 11) is 1.95. The molecule has 1 aromatic rings. The lowest BCUT2D eigenvalue weighted by Gasteiger charge is -2.25. The van der Waals surface area contributed by atoms with Gasteiger partial charge in [-0.25, -0.2) is 0 Å².